The highest BCUT2D eigenvalue weighted by atomic mass is 16.5. The molecule has 42 heavy (non-hydrogen) atoms. The van der Waals surface area contributed by atoms with Crippen LogP contribution in [0.4, 0.5) is 5.69 Å². The lowest BCUT2D eigenvalue weighted by Crippen LogP contribution is -2.54. The first-order valence-electron chi connectivity index (χ1n) is 15.3. The van der Waals surface area contributed by atoms with Crippen LogP contribution in [-0.2, 0) is 15.6 Å². The monoisotopic (exact) mass is 573 g/mol. The molecule has 2 aromatic heterocycles. The summed E-state index contributed by atoms with van der Waals surface area (Å²) in [6.45, 7) is 11.2. The van der Waals surface area contributed by atoms with Gasteiger partial charge in [0.2, 0.25) is 11.8 Å². The van der Waals surface area contributed by atoms with E-state index in [-0.39, 0.29) is 28.1 Å². The van der Waals surface area contributed by atoms with Crippen molar-refractivity contribution in [2.75, 3.05) is 18.1 Å². The lowest BCUT2D eigenvalue weighted by atomic mass is 9.53. The smallest absolute Gasteiger partial charge is 0.316 e. The third kappa shape index (κ3) is 5.43. The van der Waals surface area contributed by atoms with E-state index < -0.39 is 5.60 Å². The summed E-state index contributed by atoms with van der Waals surface area (Å²) >= 11 is 0. The van der Waals surface area contributed by atoms with Gasteiger partial charge in [0.25, 0.3) is 0 Å². The zero-order valence-corrected chi connectivity index (χ0v) is 25.5. The van der Waals surface area contributed by atoms with Gasteiger partial charge in [-0.25, -0.2) is 9.97 Å². The summed E-state index contributed by atoms with van der Waals surface area (Å²) in [6.07, 6.45) is 10.6. The van der Waals surface area contributed by atoms with Gasteiger partial charge in [0.15, 0.2) is 5.82 Å². The first-order chi connectivity index (χ1) is 19.9. The Kier molecular flexibility index (Phi) is 7.15. The van der Waals surface area contributed by atoms with Crippen molar-refractivity contribution >= 4 is 11.6 Å². The predicted molar refractivity (Wildman–Crippen MR) is 159 cm³/mol. The summed E-state index contributed by atoms with van der Waals surface area (Å²) in [7, 11) is 0. The molecular weight excluding hydrogens is 530 g/mol. The van der Waals surface area contributed by atoms with Crippen LogP contribution in [0.15, 0.2) is 41.2 Å². The molecule has 4 aliphatic carbocycles. The maximum atomic E-state index is 14.0. The van der Waals surface area contributed by atoms with Gasteiger partial charge in [-0.3, -0.25) is 4.79 Å². The number of anilines is 1. The van der Waals surface area contributed by atoms with E-state index in [9.17, 15) is 9.90 Å². The Labute approximate surface area is 248 Å². The molecule has 7 rings (SSSR count). The Morgan fingerprint density at radius 2 is 1.74 bits per heavy atom. The highest BCUT2D eigenvalue weighted by molar-refractivity contribution is 5.96. The number of hydrogen-bond acceptors (Lipinski definition) is 8. The lowest BCUT2D eigenvalue weighted by molar-refractivity contribution is -0.137. The Morgan fingerprint density at radius 3 is 2.31 bits per heavy atom. The minimum atomic E-state index is -0.766. The number of amides is 1. The summed E-state index contributed by atoms with van der Waals surface area (Å²) in [4.78, 5) is 29.6. The minimum absolute atomic E-state index is 0.0379. The number of aliphatic hydroxyl groups is 1. The molecule has 1 N–H and O–H groups in total. The minimum Gasteiger partial charge on any atom is -0.464 e. The maximum Gasteiger partial charge on any atom is 0.316 e. The number of benzene rings is 1. The molecule has 2 heterocycles. The van der Waals surface area contributed by atoms with Crippen molar-refractivity contribution in [3.63, 3.8) is 0 Å². The topological polar surface area (TPSA) is 114 Å². The quantitative estimate of drug-likeness (QED) is 0.349. The standard InChI is InChI=1S/C33H43N5O4/c1-6-41-29-34-19-24(20-35-29)22-8-7-9-25(16-22)38(26(39)23-17-31(5,40)18-23)21-32-10-13-33(14-11-32,15-12-32)27-36-28(42-37-27)30(2,3)4/h7-9,16,19-20,23,40H,6,10-15,17-18,21H2,1-5H3/t23-,31+,32?,33?. The van der Waals surface area contributed by atoms with E-state index in [0.717, 1.165) is 61.2 Å². The number of carbonyl (C=O) groups is 1. The summed E-state index contributed by atoms with van der Waals surface area (Å²) in [6, 6.07) is 8.45. The van der Waals surface area contributed by atoms with Crippen LogP contribution >= 0.6 is 0 Å². The molecule has 0 atom stereocenters. The molecule has 2 bridgehead atoms. The van der Waals surface area contributed by atoms with Crippen LogP contribution in [0.5, 0.6) is 6.01 Å². The lowest BCUT2D eigenvalue weighted by Gasteiger charge is -2.54. The molecule has 0 unspecified atom stereocenters. The highest BCUT2D eigenvalue weighted by Gasteiger charge is 2.53. The van der Waals surface area contributed by atoms with E-state index in [1.54, 1.807) is 12.4 Å². The molecule has 4 aliphatic rings. The van der Waals surface area contributed by atoms with E-state index in [1.807, 2.05) is 36.9 Å². The molecule has 1 aromatic carbocycles. The normalized spacial score (nSPS) is 28.8. The second-order valence-corrected chi connectivity index (χ2v) is 14.2. The van der Waals surface area contributed by atoms with Crippen molar-refractivity contribution < 1.29 is 19.2 Å². The molecular formula is C33H43N5O4. The first-order valence-corrected chi connectivity index (χ1v) is 15.3. The average molecular weight is 574 g/mol. The van der Waals surface area contributed by atoms with Gasteiger partial charge < -0.3 is 19.3 Å². The molecule has 4 saturated carbocycles. The number of aromatic nitrogens is 4. The van der Waals surface area contributed by atoms with Crippen LogP contribution in [0.3, 0.4) is 0 Å². The van der Waals surface area contributed by atoms with Gasteiger partial charge in [0.05, 0.1) is 12.2 Å². The Hall–Kier alpha value is -3.33. The molecule has 0 saturated heterocycles. The van der Waals surface area contributed by atoms with E-state index in [4.69, 9.17) is 14.2 Å². The number of hydrogen-bond donors (Lipinski definition) is 1. The molecule has 3 aromatic rings. The summed E-state index contributed by atoms with van der Waals surface area (Å²) in [5, 5.41) is 14.9. The fourth-order valence-corrected chi connectivity index (χ4v) is 7.13. The van der Waals surface area contributed by atoms with Crippen molar-refractivity contribution in [1.82, 2.24) is 20.1 Å². The Balaban J connectivity index is 1.25. The van der Waals surface area contributed by atoms with Crippen molar-refractivity contribution in [2.24, 2.45) is 11.3 Å². The van der Waals surface area contributed by atoms with Crippen molar-refractivity contribution in [2.45, 2.75) is 102 Å². The summed E-state index contributed by atoms with van der Waals surface area (Å²) in [5.74, 6) is 1.48. The summed E-state index contributed by atoms with van der Waals surface area (Å²) in [5.41, 5.74) is 1.76. The number of ether oxygens (including phenoxy) is 1. The van der Waals surface area contributed by atoms with Crippen LogP contribution < -0.4 is 9.64 Å². The Bertz CT molecular complexity index is 1410. The number of fused-ring (bicyclic) bond motifs is 3. The van der Waals surface area contributed by atoms with Crippen LogP contribution in [0.2, 0.25) is 0 Å². The molecule has 0 spiro atoms. The number of carbonyl (C=O) groups excluding carboxylic acids is 1. The molecule has 9 heteroatoms. The maximum absolute atomic E-state index is 14.0. The fraction of sp³-hybridized carbons (Fsp3) is 0.606. The van der Waals surface area contributed by atoms with Gasteiger partial charge in [0.1, 0.15) is 0 Å². The van der Waals surface area contributed by atoms with E-state index in [2.05, 4.69) is 42.0 Å². The molecule has 4 fully saturated rings. The molecule has 1 amide bonds. The van der Waals surface area contributed by atoms with Crippen LogP contribution in [0, 0.1) is 11.3 Å². The third-order valence-corrected chi connectivity index (χ3v) is 9.82. The number of nitrogens with zero attached hydrogens (tertiary/aromatic N) is 5. The van der Waals surface area contributed by atoms with Gasteiger partial charge in [-0.1, -0.05) is 38.1 Å². The summed E-state index contributed by atoms with van der Waals surface area (Å²) < 4.78 is 11.1. The van der Waals surface area contributed by atoms with E-state index >= 15 is 0 Å². The first kappa shape index (κ1) is 28.8. The fourth-order valence-electron chi connectivity index (χ4n) is 7.13. The van der Waals surface area contributed by atoms with Crippen molar-refractivity contribution in [1.29, 1.82) is 0 Å². The van der Waals surface area contributed by atoms with Crippen LogP contribution in [0.25, 0.3) is 11.1 Å². The second kappa shape index (κ2) is 10.4. The van der Waals surface area contributed by atoms with Gasteiger partial charge >= 0.3 is 6.01 Å². The SMILES string of the molecule is CCOc1ncc(-c2cccc(N(CC34CCC(c5noc(C(C)(C)C)n5)(CC3)CC4)C(=O)[C@H]3C[C@@](C)(O)C3)c2)cn1. The van der Waals surface area contributed by atoms with Gasteiger partial charge in [-0.15, -0.1) is 0 Å². The van der Waals surface area contributed by atoms with Crippen molar-refractivity contribution in [3.8, 4) is 17.1 Å². The molecule has 224 valence electrons. The number of rotatable bonds is 8. The predicted octanol–water partition coefficient (Wildman–Crippen LogP) is 6.01. The van der Waals surface area contributed by atoms with Gasteiger partial charge in [0, 0.05) is 46.9 Å². The van der Waals surface area contributed by atoms with Gasteiger partial charge in [-0.05, 0) is 88.3 Å². The zero-order valence-electron chi connectivity index (χ0n) is 25.5. The zero-order chi connectivity index (χ0) is 29.8. The average Bonchev–Trinajstić information content (AvgIpc) is 3.48. The van der Waals surface area contributed by atoms with Crippen LogP contribution in [-0.4, -0.2) is 49.9 Å². The molecule has 9 nitrogen and oxygen atoms in total. The third-order valence-electron chi connectivity index (χ3n) is 9.82. The van der Waals surface area contributed by atoms with E-state index in [0.29, 0.717) is 37.9 Å². The van der Waals surface area contributed by atoms with Crippen LogP contribution in [0.1, 0.15) is 97.7 Å². The largest absolute Gasteiger partial charge is 0.464 e. The molecule has 0 aliphatic heterocycles. The molecule has 0 radical (unpaired) electrons. The second-order valence-electron chi connectivity index (χ2n) is 14.2. The highest BCUT2D eigenvalue weighted by Crippen LogP contribution is 2.58. The van der Waals surface area contributed by atoms with Gasteiger partial charge in [-0.2, -0.15) is 4.98 Å². The van der Waals surface area contributed by atoms with E-state index in [1.165, 1.54) is 0 Å². The Morgan fingerprint density at radius 1 is 1.07 bits per heavy atom. The van der Waals surface area contributed by atoms with Crippen molar-refractivity contribution in [3.05, 3.63) is 48.4 Å².